The largest absolute Gasteiger partial charge is 0.465 e. The van der Waals surface area contributed by atoms with Gasteiger partial charge in [0.25, 0.3) is 0 Å². The zero-order chi connectivity index (χ0) is 14.3. The molecule has 0 heterocycles. The predicted octanol–water partition coefficient (Wildman–Crippen LogP) is 1.35. The zero-order valence-corrected chi connectivity index (χ0v) is 9.97. The van der Waals surface area contributed by atoms with E-state index in [1.165, 1.54) is 6.92 Å². The van der Waals surface area contributed by atoms with Gasteiger partial charge in [0.15, 0.2) is 11.7 Å². The van der Waals surface area contributed by atoms with Gasteiger partial charge in [-0.15, -0.1) is 0 Å². The average molecular weight is 269 g/mol. The van der Waals surface area contributed by atoms with Crippen LogP contribution in [0.4, 0.5) is 13.2 Å². The quantitative estimate of drug-likeness (QED) is 0.430. The summed E-state index contributed by atoms with van der Waals surface area (Å²) in [6.07, 6.45) is -5.06. The van der Waals surface area contributed by atoms with Crippen LogP contribution in [0.15, 0.2) is 0 Å². The Labute approximate surface area is 102 Å². The number of ether oxygens (including phenoxy) is 2. The van der Waals surface area contributed by atoms with Crippen LogP contribution in [0.3, 0.4) is 0 Å². The molecular weight excluding hydrogens is 255 g/mol. The van der Waals surface area contributed by atoms with Gasteiger partial charge in [-0.1, -0.05) is 0 Å². The topological polar surface area (TPSA) is 76.5 Å². The molecule has 0 spiro atoms. The lowest BCUT2D eigenvalue weighted by Crippen LogP contribution is -2.42. The lowest BCUT2D eigenvalue weighted by Gasteiger charge is -2.17. The van der Waals surface area contributed by atoms with Crippen molar-refractivity contribution in [2.75, 3.05) is 19.8 Å². The van der Waals surface area contributed by atoms with Crippen molar-refractivity contribution in [2.24, 2.45) is 5.92 Å². The van der Waals surface area contributed by atoms with E-state index in [1.54, 1.807) is 6.92 Å². The number of hydrogen-bond acceptors (Lipinski definition) is 5. The number of Topliss-reactive ketones (excluding diaryl/α,β-unsaturated/α-hetero) is 1. The van der Waals surface area contributed by atoms with E-state index < -0.39 is 36.2 Å². The third-order valence-electron chi connectivity index (χ3n) is 1.89. The highest BCUT2D eigenvalue weighted by Crippen LogP contribution is 2.23. The van der Waals surface area contributed by atoms with Gasteiger partial charge in [-0.2, -0.15) is 13.2 Å². The molecule has 0 aliphatic carbocycles. The molecule has 8 heteroatoms. The molecule has 0 fully saturated rings. The summed E-state index contributed by atoms with van der Waals surface area (Å²) in [7, 11) is 0. The normalized spacial score (nSPS) is 12.9. The molecule has 0 aliphatic heterocycles. The number of nitrogens with one attached hydrogen (secondary N) is 1. The summed E-state index contributed by atoms with van der Waals surface area (Å²) < 4.78 is 46.1. The maximum absolute atomic E-state index is 12.4. The number of ketones is 1. The lowest BCUT2D eigenvalue weighted by molar-refractivity contribution is -0.151. The van der Waals surface area contributed by atoms with Gasteiger partial charge in [-0.25, -0.2) is 0 Å². The van der Waals surface area contributed by atoms with Crippen molar-refractivity contribution < 1.29 is 32.2 Å². The van der Waals surface area contributed by atoms with Crippen molar-refractivity contribution in [1.29, 1.82) is 5.41 Å². The molecule has 1 atom stereocenters. The van der Waals surface area contributed by atoms with Gasteiger partial charge in [0, 0.05) is 6.61 Å². The van der Waals surface area contributed by atoms with Crippen molar-refractivity contribution in [3.05, 3.63) is 0 Å². The van der Waals surface area contributed by atoms with Crippen molar-refractivity contribution in [1.82, 2.24) is 0 Å². The fourth-order valence-electron chi connectivity index (χ4n) is 1.09. The highest BCUT2D eigenvalue weighted by atomic mass is 19.4. The second-order valence-electron chi connectivity index (χ2n) is 3.20. The van der Waals surface area contributed by atoms with Crippen LogP contribution in [0.25, 0.3) is 0 Å². The highest BCUT2D eigenvalue weighted by molar-refractivity contribution is 6.20. The maximum atomic E-state index is 12.4. The molecule has 1 unspecified atom stereocenters. The third kappa shape index (κ3) is 4.82. The third-order valence-corrected chi connectivity index (χ3v) is 1.89. The van der Waals surface area contributed by atoms with Gasteiger partial charge < -0.3 is 9.47 Å². The number of rotatable bonds is 7. The minimum atomic E-state index is -5.06. The SMILES string of the molecule is CCOCC(=O)C(C(=N)C(F)(F)F)C(=O)OCC. The summed E-state index contributed by atoms with van der Waals surface area (Å²) in [5, 5.41) is 6.87. The van der Waals surface area contributed by atoms with Crippen molar-refractivity contribution in [2.45, 2.75) is 20.0 Å². The van der Waals surface area contributed by atoms with E-state index in [-0.39, 0.29) is 13.2 Å². The van der Waals surface area contributed by atoms with Gasteiger partial charge in [0.1, 0.15) is 12.3 Å². The van der Waals surface area contributed by atoms with E-state index in [0.29, 0.717) is 0 Å². The van der Waals surface area contributed by atoms with Gasteiger partial charge in [0.05, 0.1) is 6.61 Å². The summed E-state index contributed by atoms with van der Waals surface area (Å²) in [6.45, 7) is 2.20. The van der Waals surface area contributed by atoms with Gasteiger partial charge in [-0.3, -0.25) is 15.0 Å². The van der Waals surface area contributed by atoms with Crippen LogP contribution >= 0.6 is 0 Å². The summed E-state index contributed by atoms with van der Waals surface area (Å²) >= 11 is 0. The summed E-state index contributed by atoms with van der Waals surface area (Å²) in [4.78, 5) is 22.7. The first-order valence-electron chi connectivity index (χ1n) is 5.18. The molecule has 104 valence electrons. The molecular formula is C10H14F3NO4. The lowest BCUT2D eigenvalue weighted by atomic mass is 9.98. The Hall–Kier alpha value is -1.44. The van der Waals surface area contributed by atoms with Gasteiger partial charge in [0.2, 0.25) is 0 Å². The summed E-state index contributed by atoms with van der Waals surface area (Å²) in [5.74, 6) is -4.81. The molecule has 0 aromatic carbocycles. The number of halogens is 3. The van der Waals surface area contributed by atoms with Crippen molar-refractivity contribution in [3.8, 4) is 0 Å². The molecule has 0 bridgehead atoms. The Kier molecular flexibility index (Phi) is 6.53. The molecule has 0 saturated heterocycles. The minimum Gasteiger partial charge on any atom is -0.465 e. The van der Waals surface area contributed by atoms with Crippen LogP contribution in [0.2, 0.25) is 0 Å². The first kappa shape index (κ1) is 16.6. The Balaban J connectivity index is 5.00. The smallest absolute Gasteiger partial charge is 0.430 e. The number of esters is 1. The Morgan fingerprint density at radius 3 is 2.17 bits per heavy atom. The second-order valence-corrected chi connectivity index (χ2v) is 3.20. The fraction of sp³-hybridized carbons (Fsp3) is 0.700. The predicted molar refractivity (Wildman–Crippen MR) is 55.4 cm³/mol. The molecule has 0 saturated carbocycles. The van der Waals surface area contributed by atoms with E-state index >= 15 is 0 Å². The summed E-state index contributed by atoms with van der Waals surface area (Å²) in [6, 6.07) is 0. The number of carbonyl (C=O) groups excluding carboxylic acids is 2. The van der Waals surface area contributed by atoms with Gasteiger partial charge >= 0.3 is 12.1 Å². The summed E-state index contributed by atoms with van der Waals surface area (Å²) in [5.41, 5.74) is -1.94. The van der Waals surface area contributed by atoms with Crippen LogP contribution in [-0.2, 0) is 19.1 Å². The standard InChI is InChI=1S/C10H14F3NO4/c1-3-17-5-6(15)7(9(16)18-4-2)8(14)10(11,12)13/h7,14H,3-5H2,1-2H3. The van der Waals surface area contributed by atoms with E-state index in [4.69, 9.17) is 5.41 Å². The van der Waals surface area contributed by atoms with E-state index in [0.717, 1.165) is 0 Å². The van der Waals surface area contributed by atoms with E-state index in [1.807, 2.05) is 0 Å². The van der Waals surface area contributed by atoms with Crippen LogP contribution in [-0.4, -0.2) is 43.5 Å². The Bertz CT molecular complexity index is 328. The molecule has 0 amide bonds. The van der Waals surface area contributed by atoms with Crippen molar-refractivity contribution >= 4 is 17.5 Å². The van der Waals surface area contributed by atoms with Crippen LogP contribution < -0.4 is 0 Å². The highest BCUT2D eigenvalue weighted by Gasteiger charge is 2.46. The average Bonchev–Trinajstić information content (AvgIpc) is 2.25. The maximum Gasteiger partial charge on any atom is 0.430 e. The first-order chi connectivity index (χ1) is 8.25. The number of carbonyl (C=O) groups is 2. The van der Waals surface area contributed by atoms with E-state index in [2.05, 4.69) is 9.47 Å². The van der Waals surface area contributed by atoms with E-state index in [9.17, 15) is 22.8 Å². The van der Waals surface area contributed by atoms with Gasteiger partial charge in [-0.05, 0) is 13.8 Å². The number of hydrogen-bond donors (Lipinski definition) is 1. The molecule has 1 N–H and O–H groups in total. The minimum absolute atomic E-state index is 0.112. The first-order valence-corrected chi connectivity index (χ1v) is 5.18. The molecule has 0 aromatic rings. The molecule has 18 heavy (non-hydrogen) atoms. The fourth-order valence-corrected chi connectivity index (χ4v) is 1.09. The second kappa shape index (κ2) is 7.10. The molecule has 5 nitrogen and oxygen atoms in total. The van der Waals surface area contributed by atoms with Crippen LogP contribution in [0.1, 0.15) is 13.8 Å². The molecule has 0 rings (SSSR count). The van der Waals surface area contributed by atoms with Crippen LogP contribution in [0, 0.1) is 11.3 Å². The molecule has 0 aliphatic rings. The Morgan fingerprint density at radius 1 is 1.22 bits per heavy atom. The molecule has 0 aromatic heterocycles. The monoisotopic (exact) mass is 269 g/mol. The molecule has 0 radical (unpaired) electrons. The number of alkyl halides is 3. The Morgan fingerprint density at radius 2 is 1.78 bits per heavy atom. The van der Waals surface area contributed by atoms with Crippen LogP contribution in [0.5, 0.6) is 0 Å². The van der Waals surface area contributed by atoms with Crippen molar-refractivity contribution in [3.63, 3.8) is 0 Å². The zero-order valence-electron chi connectivity index (χ0n) is 9.97.